The SMILES string of the molecule is Oc1c(C(O)(c2nc3ccccc3s2)C(F)(F)F)cc2c3c1CCCN3CCC2. The van der Waals surface area contributed by atoms with E-state index in [0.29, 0.717) is 28.6 Å². The fourth-order valence-electron chi connectivity index (χ4n) is 4.54. The second kappa shape index (κ2) is 6.34. The van der Waals surface area contributed by atoms with Crippen LogP contribution >= 0.6 is 11.3 Å². The number of halogens is 3. The molecular weight excluding hydrogens is 401 g/mol. The second-order valence-electron chi connectivity index (χ2n) is 7.65. The Bertz CT molecular complexity index is 1080. The summed E-state index contributed by atoms with van der Waals surface area (Å²) < 4.78 is 43.6. The molecule has 3 aromatic rings. The lowest BCUT2D eigenvalue weighted by molar-refractivity contribution is -0.248. The van der Waals surface area contributed by atoms with Crippen molar-refractivity contribution in [1.82, 2.24) is 4.98 Å². The molecule has 2 aliphatic rings. The highest BCUT2D eigenvalue weighted by Crippen LogP contribution is 2.52. The zero-order valence-electron chi connectivity index (χ0n) is 15.5. The molecule has 152 valence electrons. The van der Waals surface area contributed by atoms with Crippen LogP contribution in [0.1, 0.15) is 34.5 Å². The summed E-state index contributed by atoms with van der Waals surface area (Å²) in [6.45, 7) is 1.67. The van der Waals surface area contributed by atoms with Gasteiger partial charge in [0.2, 0.25) is 5.60 Å². The zero-order chi connectivity index (χ0) is 20.4. The predicted octanol–water partition coefficient (Wildman–Crippen LogP) is 4.50. The number of aromatic nitrogens is 1. The summed E-state index contributed by atoms with van der Waals surface area (Å²) >= 11 is 0.797. The third-order valence-corrected chi connectivity index (χ3v) is 7.04. The van der Waals surface area contributed by atoms with E-state index in [4.69, 9.17) is 0 Å². The average Bonchev–Trinajstić information content (AvgIpc) is 3.14. The highest BCUT2D eigenvalue weighted by molar-refractivity contribution is 7.18. The van der Waals surface area contributed by atoms with Crippen LogP contribution < -0.4 is 4.90 Å². The largest absolute Gasteiger partial charge is 0.507 e. The van der Waals surface area contributed by atoms with Gasteiger partial charge in [0, 0.05) is 29.9 Å². The third-order valence-electron chi connectivity index (χ3n) is 5.90. The number of phenolic OH excluding ortho intramolecular Hbond substituents is 1. The molecule has 2 N–H and O–H groups in total. The van der Waals surface area contributed by atoms with E-state index >= 15 is 0 Å². The molecular formula is C21H19F3N2O2S. The van der Waals surface area contributed by atoms with Crippen molar-refractivity contribution in [2.75, 3.05) is 18.0 Å². The van der Waals surface area contributed by atoms with E-state index in [-0.39, 0.29) is 0 Å². The number of anilines is 1. The molecule has 8 heteroatoms. The van der Waals surface area contributed by atoms with Gasteiger partial charge in [-0.25, -0.2) is 4.98 Å². The minimum Gasteiger partial charge on any atom is -0.507 e. The molecule has 29 heavy (non-hydrogen) atoms. The Hall–Kier alpha value is -2.32. The monoisotopic (exact) mass is 420 g/mol. The normalized spacial score (nSPS) is 18.6. The van der Waals surface area contributed by atoms with Crippen LogP contribution in [-0.2, 0) is 18.4 Å². The van der Waals surface area contributed by atoms with Gasteiger partial charge in [-0.15, -0.1) is 11.3 Å². The van der Waals surface area contributed by atoms with E-state index in [9.17, 15) is 23.4 Å². The lowest BCUT2D eigenvalue weighted by atomic mass is 9.83. The minimum absolute atomic E-state index is 0.389. The number of aryl methyl sites for hydroxylation is 1. The van der Waals surface area contributed by atoms with Gasteiger partial charge >= 0.3 is 6.18 Å². The number of alkyl halides is 3. The van der Waals surface area contributed by atoms with Crippen LogP contribution in [0.2, 0.25) is 0 Å². The molecule has 1 atom stereocenters. The van der Waals surface area contributed by atoms with Crippen LogP contribution in [0, 0.1) is 0 Å². The number of aliphatic hydroxyl groups is 1. The third kappa shape index (κ3) is 2.65. The van der Waals surface area contributed by atoms with Crippen molar-refractivity contribution in [3.05, 3.63) is 52.0 Å². The summed E-state index contributed by atoms with van der Waals surface area (Å²) in [4.78, 5) is 6.22. The molecule has 3 heterocycles. The van der Waals surface area contributed by atoms with E-state index in [1.807, 2.05) is 0 Å². The van der Waals surface area contributed by atoms with Crippen LogP contribution in [0.5, 0.6) is 5.75 Å². The van der Waals surface area contributed by atoms with E-state index in [0.717, 1.165) is 48.5 Å². The first-order chi connectivity index (χ1) is 13.8. The summed E-state index contributed by atoms with van der Waals surface area (Å²) in [7, 11) is 0. The van der Waals surface area contributed by atoms with Gasteiger partial charge in [-0.3, -0.25) is 0 Å². The number of hydrogen-bond acceptors (Lipinski definition) is 5. The number of thiazole rings is 1. The van der Waals surface area contributed by atoms with Crippen LogP contribution in [0.15, 0.2) is 30.3 Å². The van der Waals surface area contributed by atoms with Gasteiger partial charge in [0.05, 0.1) is 10.2 Å². The summed E-state index contributed by atoms with van der Waals surface area (Å²) in [6, 6.07) is 8.02. The second-order valence-corrected chi connectivity index (χ2v) is 8.68. The van der Waals surface area contributed by atoms with E-state index in [1.165, 1.54) is 6.07 Å². The van der Waals surface area contributed by atoms with E-state index in [2.05, 4.69) is 9.88 Å². The number of fused-ring (bicyclic) bond motifs is 1. The highest BCUT2D eigenvalue weighted by atomic mass is 32.1. The van der Waals surface area contributed by atoms with E-state index in [1.54, 1.807) is 24.3 Å². The molecule has 0 spiro atoms. The first kappa shape index (κ1) is 18.7. The molecule has 4 nitrogen and oxygen atoms in total. The average molecular weight is 420 g/mol. The lowest BCUT2D eigenvalue weighted by Crippen LogP contribution is -2.44. The molecule has 0 aliphatic carbocycles. The van der Waals surface area contributed by atoms with Gasteiger partial charge in [0.25, 0.3) is 0 Å². The number of rotatable bonds is 2. The number of para-hydroxylation sites is 1. The number of benzene rings is 2. The molecule has 2 aromatic carbocycles. The fraction of sp³-hybridized carbons (Fsp3) is 0.381. The maximum absolute atomic E-state index is 14.3. The Morgan fingerprint density at radius 3 is 2.52 bits per heavy atom. The first-order valence-corrected chi connectivity index (χ1v) is 10.4. The topological polar surface area (TPSA) is 56.6 Å². The number of phenols is 1. The molecule has 0 saturated carbocycles. The summed E-state index contributed by atoms with van der Waals surface area (Å²) in [5, 5.41) is 21.6. The van der Waals surface area contributed by atoms with Crippen LogP contribution in [0.4, 0.5) is 18.9 Å². The van der Waals surface area contributed by atoms with Crippen LogP contribution in [-0.4, -0.2) is 34.5 Å². The molecule has 1 unspecified atom stereocenters. The summed E-state index contributed by atoms with van der Waals surface area (Å²) in [5.41, 5.74) is -1.39. The van der Waals surface area contributed by atoms with E-state index < -0.39 is 28.1 Å². The van der Waals surface area contributed by atoms with Gasteiger partial charge in [0.15, 0.2) is 0 Å². The van der Waals surface area contributed by atoms with Gasteiger partial charge in [0.1, 0.15) is 10.8 Å². The van der Waals surface area contributed by atoms with Crippen molar-refractivity contribution in [3.63, 3.8) is 0 Å². The molecule has 1 aromatic heterocycles. The van der Waals surface area contributed by atoms with Crippen LogP contribution in [0.25, 0.3) is 10.2 Å². The quantitative estimate of drug-likeness (QED) is 0.641. The Balaban J connectivity index is 1.78. The minimum atomic E-state index is -5.04. The van der Waals surface area contributed by atoms with Crippen molar-refractivity contribution >= 4 is 27.2 Å². The molecule has 0 radical (unpaired) electrons. The van der Waals surface area contributed by atoms with Crippen molar-refractivity contribution in [2.45, 2.75) is 37.5 Å². The van der Waals surface area contributed by atoms with Crippen molar-refractivity contribution < 1.29 is 23.4 Å². The number of aromatic hydroxyl groups is 1. The summed E-state index contributed by atoms with van der Waals surface area (Å²) in [5.74, 6) is -0.463. The van der Waals surface area contributed by atoms with Gasteiger partial charge < -0.3 is 15.1 Å². The molecule has 5 rings (SSSR count). The Morgan fingerprint density at radius 2 is 1.79 bits per heavy atom. The molecule has 0 bridgehead atoms. The van der Waals surface area contributed by atoms with Gasteiger partial charge in [-0.1, -0.05) is 12.1 Å². The Kier molecular flexibility index (Phi) is 4.08. The van der Waals surface area contributed by atoms with Crippen molar-refractivity contribution in [3.8, 4) is 5.75 Å². The van der Waals surface area contributed by atoms with Gasteiger partial charge in [-0.2, -0.15) is 13.2 Å². The van der Waals surface area contributed by atoms with Crippen molar-refractivity contribution in [2.24, 2.45) is 0 Å². The number of nitrogens with zero attached hydrogens (tertiary/aromatic N) is 2. The maximum atomic E-state index is 14.3. The van der Waals surface area contributed by atoms with Gasteiger partial charge in [-0.05, 0) is 49.4 Å². The molecule has 0 fully saturated rings. The Labute approximate surface area is 169 Å². The molecule has 0 saturated heterocycles. The van der Waals surface area contributed by atoms with Crippen LogP contribution in [0.3, 0.4) is 0 Å². The first-order valence-electron chi connectivity index (χ1n) is 9.59. The standard InChI is InChI=1S/C21H19F3N2O2S/c22-21(23,24)20(28,19-25-15-7-1-2-8-16(15)29-19)14-11-12-5-3-9-26-10-4-6-13(17(12)26)18(14)27/h1-2,7-8,11,27-28H,3-6,9-10H2. The molecule has 0 amide bonds. The fourth-order valence-corrected chi connectivity index (χ4v) is 5.63. The molecule has 2 aliphatic heterocycles. The lowest BCUT2D eigenvalue weighted by Gasteiger charge is -2.39. The zero-order valence-corrected chi connectivity index (χ0v) is 16.3. The highest BCUT2D eigenvalue weighted by Gasteiger charge is 2.60. The Morgan fingerprint density at radius 1 is 1.07 bits per heavy atom. The number of hydrogen-bond donors (Lipinski definition) is 2. The predicted molar refractivity (Wildman–Crippen MR) is 106 cm³/mol. The smallest absolute Gasteiger partial charge is 0.428 e. The maximum Gasteiger partial charge on any atom is 0.428 e. The van der Waals surface area contributed by atoms with Crippen molar-refractivity contribution in [1.29, 1.82) is 0 Å². The summed E-state index contributed by atoms with van der Waals surface area (Å²) in [6.07, 6.45) is -2.33.